The molecular weight excluding hydrogens is 933 g/mol. The molecule has 3 aliphatic rings. The zero-order valence-corrected chi connectivity index (χ0v) is 37.7. The normalized spacial score (nSPS) is 15.1. The van der Waals surface area contributed by atoms with Gasteiger partial charge in [0.25, 0.3) is 0 Å². The Bertz CT molecular complexity index is 1860. The van der Waals surface area contributed by atoms with Gasteiger partial charge in [-0.25, -0.2) is 0 Å². The fraction of sp³-hybridized carbons (Fsp3) is 0.395. The smallest absolute Gasteiger partial charge is 0.303 e. The maximum Gasteiger partial charge on any atom is 0.303 e. The molecule has 0 radical (unpaired) electrons. The van der Waals surface area contributed by atoms with Gasteiger partial charge in [0.2, 0.25) is 0 Å². The third-order valence-electron chi connectivity index (χ3n) is 9.71. The van der Waals surface area contributed by atoms with Crippen molar-refractivity contribution in [1.82, 2.24) is 0 Å². The Labute approximate surface area is 361 Å². The average Bonchev–Trinajstić information content (AvgIpc) is 3.58. The lowest BCUT2D eigenvalue weighted by atomic mass is 10.0. The number of rotatable bonds is 8. The van der Waals surface area contributed by atoms with Crippen molar-refractivity contribution in [1.29, 1.82) is 0.594 Å². The SMILES string of the molecule is CC(C)CC(=O)O.CC(C)CC1=Nc2ccc(N3CCN(c4ccc(Br)cc4)CC3)cc2C1.Nc1ccc(N2CCN(c3ccc(Br)cc3)CC2)cc1N.[3H]I. The fourth-order valence-corrected chi connectivity index (χ4v) is 7.42. The Morgan fingerprint density at radius 1 is 0.673 bits per heavy atom. The highest BCUT2D eigenvalue weighted by Crippen LogP contribution is 2.33. The van der Waals surface area contributed by atoms with Gasteiger partial charge in [0.1, 0.15) is 0.594 Å². The first-order chi connectivity index (χ1) is 26.8. The first-order valence-corrected chi connectivity index (χ1v) is 20.5. The molecular formula is C43H56Br2IN7O2. The number of hydrogen-bond acceptors (Lipinski definition) is 8. The summed E-state index contributed by atoms with van der Waals surface area (Å²) in [6.45, 7) is 16.5. The second-order valence-corrected chi connectivity index (χ2v) is 16.8. The lowest BCUT2D eigenvalue weighted by Crippen LogP contribution is -2.46. The molecule has 0 amide bonds. The maximum absolute atomic E-state index is 9.81. The van der Waals surface area contributed by atoms with Gasteiger partial charge in [0.15, 0.2) is 0 Å². The number of fused-ring (bicyclic) bond motifs is 1. The molecule has 0 atom stereocenters. The van der Waals surface area contributed by atoms with E-state index in [0.717, 1.165) is 79.8 Å². The van der Waals surface area contributed by atoms with Gasteiger partial charge in [-0.3, -0.25) is 9.79 Å². The van der Waals surface area contributed by atoms with Crippen molar-refractivity contribution >= 4 is 107 Å². The van der Waals surface area contributed by atoms with Crippen molar-refractivity contribution < 1.29 is 9.90 Å². The summed E-state index contributed by atoms with van der Waals surface area (Å²) < 4.78 is 7.97. The summed E-state index contributed by atoms with van der Waals surface area (Å²) in [6.07, 6.45) is 2.41. The van der Waals surface area contributed by atoms with Crippen LogP contribution in [0.3, 0.4) is 0 Å². The quantitative estimate of drug-likeness (QED) is 0.118. The zero-order valence-electron chi connectivity index (χ0n) is 33.4. The number of anilines is 6. The molecule has 2 fully saturated rings. The molecule has 296 valence electrons. The van der Waals surface area contributed by atoms with Gasteiger partial charge in [0, 0.05) is 103 Å². The van der Waals surface area contributed by atoms with Crippen LogP contribution in [0.5, 0.6) is 0 Å². The van der Waals surface area contributed by atoms with Gasteiger partial charge in [-0.1, -0.05) is 59.6 Å². The van der Waals surface area contributed by atoms with Crippen molar-refractivity contribution in [3.05, 3.63) is 99.4 Å². The topological polar surface area (TPSA) is 115 Å². The summed E-state index contributed by atoms with van der Waals surface area (Å²) in [5.74, 6) is 0.238. The predicted octanol–water partition coefficient (Wildman–Crippen LogP) is 10.1. The van der Waals surface area contributed by atoms with E-state index >= 15 is 0 Å². The molecule has 0 bridgehead atoms. The van der Waals surface area contributed by atoms with Crippen LogP contribution in [0.15, 0.2) is 98.9 Å². The second-order valence-electron chi connectivity index (χ2n) is 15.0. The van der Waals surface area contributed by atoms with Gasteiger partial charge in [-0.2, -0.15) is 0 Å². The molecule has 12 heteroatoms. The van der Waals surface area contributed by atoms with Crippen molar-refractivity contribution in [2.45, 2.75) is 47.0 Å². The van der Waals surface area contributed by atoms with Crippen molar-refractivity contribution in [3.8, 4) is 0 Å². The van der Waals surface area contributed by atoms with Gasteiger partial charge in [-0.15, -0.1) is 23.8 Å². The van der Waals surface area contributed by atoms with E-state index in [0.29, 0.717) is 17.3 Å². The Balaban J connectivity index is 0.000000208. The monoisotopic (exact) mass is 989 g/mol. The lowest BCUT2D eigenvalue weighted by molar-refractivity contribution is -0.137. The van der Waals surface area contributed by atoms with E-state index < -0.39 is 5.97 Å². The van der Waals surface area contributed by atoms with Crippen LogP contribution >= 0.6 is 55.6 Å². The van der Waals surface area contributed by atoms with Crippen LogP contribution in [-0.2, 0) is 11.2 Å². The summed E-state index contributed by atoms with van der Waals surface area (Å²) in [5, 5.41) is 8.08. The summed E-state index contributed by atoms with van der Waals surface area (Å²) in [5.41, 5.74) is 22.0. The number of carbonyl (C=O) groups is 1. The Morgan fingerprint density at radius 3 is 1.49 bits per heavy atom. The van der Waals surface area contributed by atoms with Crippen LogP contribution < -0.4 is 31.1 Å². The molecule has 0 spiro atoms. The minimum absolute atomic E-state index is 0.275. The standard InChI is InChI=1S/C22H26BrN3.C16H19BrN4.C5H10O2.HI/c1-16(2)13-19-14-17-15-21(7-8-22(17)24-19)26-11-9-25(10-12-26)20-5-3-18(23)4-6-20;17-12-1-3-13(4-2-12)20-7-9-21(10-8-20)14-5-6-15(18)16(19)11-14;1-4(2)3-5(6)7;/h3-8,15-16H,9-14H2,1-2H3;1-6,11H,7-10,18-19H2;4H,3H2,1-2H3,(H,6,7);1H/i/hT. The minimum Gasteiger partial charge on any atom is -0.481 e. The van der Waals surface area contributed by atoms with Crippen LogP contribution in [0, 0.1) is 11.8 Å². The number of nitrogen functional groups attached to an aromatic ring is 2. The number of carboxylic acids is 1. The number of aliphatic imine (C=N–C) groups is 1. The maximum atomic E-state index is 9.81. The lowest BCUT2D eigenvalue weighted by Gasteiger charge is -2.37. The summed E-state index contributed by atoms with van der Waals surface area (Å²) >= 11 is 8.39. The average molecular weight is 992 g/mol. The molecule has 0 aromatic heterocycles. The Hall–Kier alpha value is -3.49. The number of hydrogen-bond donors (Lipinski definition) is 3. The summed E-state index contributed by atoms with van der Waals surface area (Å²) in [7, 11) is 0. The van der Waals surface area contributed by atoms with Crippen LogP contribution in [-0.4, -0.2) is 69.7 Å². The third kappa shape index (κ3) is 13.3. The first-order valence-electron chi connectivity index (χ1n) is 19.3. The molecule has 5 N–H and O–H groups in total. The zero-order chi connectivity index (χ0) is 40.8. The number of piperazine rings is 2. The summed E-state index contributed by atoms with van der Waals surface area (Å²) in [4.78, 5) is 24.4. The van der Waals surface area contributed by atoms with E-state index in [2.05, 4.69) is 132 Å². The molecule has 3 heterocycles. The van der Waals surface area contributed by atoms with Crippen molar-refractivity contribution in [2.24, 2.45) is 16.8 Å². The van der Waals surface area contributed by atoms with Crippen LogP contribution in [0.1, 0.15) is 46.1 Å². The van der Waals surface area contributed by atoms with Crippen LogP contribution in [0.2, 0.25) is 0 Å². The number of halogens is 3. The second kappa shape index (κ2) is 21.2. The Morgan fingerprint density at radius 2 is 1.09 bits per heavy atom. The van der Waals surface area contributed by atoms with E-state index in [4.69, 9.17) is 22.2 Å². The number of carboxylic acid groups (broad SMARTS) is 1. The van der Waals surface area contributed by atoms with Crippen molar-refractivity contribution in [2.75, 3.05) is 83.4 Å². The number of nitrogens with zero attached hydrogens (tertiary/aromatic N) is 5. The molecule has 0 unspecified atom stereocenters. The van der Waals surface area contributed by atoms with Gasteiger partial charge in [0.05, 0.1) is 17.1 Å². The van der Waals surface area contributed by atoms with Gasteiger partial charge in [-0.05, 0) is 109 Å². The molecule has 0 saturated carbocycles. The molecule has 55 heavy (non-hydrogen) atoms. The van der Waals surface area contributed by atoms with Crippen LogP contribution in [0.4, 0.5) is 39.8 Å². The molecule has 4 aromatic rings. The highest BCUT2D eigenvalue weighted by molar-refractivity contribution is 14.0. The van der Waals surface area contributed by atoms with E-state index in [-0.39, 0.29) is 12.3 Å². The van der Waals surface area contributed by atoms with E-state index in [9.17, 15) is 4.79 Å². The molecule has 2 saturated heterocycles. The van der Waals surface area contributed by atoms with Gasteiger partial charge >= 0.3 is 5.97 Å². The van der Waals surface area contributed by atoms with E-state index in [1.807, 2.05) is 32.0 Å². The minimum atomic E-state index is -0.713. The summed E-state index contributed by atoms with van der Waals surface area (Å²) in [6, 6.07) is 29.8. The van der Waals surface area contributed by atoms with Crippen molar-refractivity contribution in [3.63, 3.8) is 0 Å². The molecule has 0 aliphatic carbocycles. The van der Waals surface area contributed by atoms with Gasteiger partial charge < -0.3 is 36.2 Å². The number of aliphatic carboxylic acids is 1. The molecule has 7 rings (SSSR count). The van der Waals surface area contributed by atoms with E-state index in [1.54, 1.807) is 0 Å². The highest BCUT2D eigenvalue weighted by Gasteiger charge is 2.21. The largest absolute Gasteiger partial charge is 0.481 e. The molecule has 4 aromatic carbocycles. The first kappa shape index (κ1) is 42.6. The molecule has 3 aliphatic heterocycles. The molecule has 9 nitrogen and oxygen atoms in total. The highest BCUT2D eigenvalue weighted by atomic mass is 127. The number of benzene rings is 4. The third-order valence-corrected chi connectivity index (χ3v) is 10.8. The fourth-order valence-electron chi connectivity index (χ4n) is 6.90. The predicted molar refractivity (Wildman–Crippen MR) is 252 cm³/mol. The van der Waals surface area contributed by atoms with Crippen LogP contribution in [0.25, 0.3) is 0 Å². The number of nitrogens with two attached hydrogens (primary N) is 2. The van der Waals surface area contributed by atoms with E-state index in [1.165, 1.54) is 57.8 Å². The Kier molecular flexibility index (Phi) is 16.4.